The number of para-hydroxylation sites is 1. The molecular weight excluding hydrogens is 392 g/mol. The first-order valence-corrected chi connectivity index (χ1v) is 10.5. The Morgan fingerprint density at radius 1 is 0.929 bits per heavy atom. The number of nitrogens with one attached hydrogen (secondary N) is 1. The van der Waals surface area contributed by atoms with E-state index in [0.717, 1.165) is 21.0 Å². The summed E-state index contributed by atoms with van der Waals surface area (Å²) in [4.78, 5) is 24.7. The first-order chi connectivity index (χ1) is 13.6. The van der Waals surface area contributed by atoms with Gasteiger partial charge in [0.1, 0.15) is 0 Å². The number of rotatable bonds is 8. The number of benzene rings is 3. The number of non-ortho nitro benzene ring substituents is 1. The van der Waals surface area contributed by atoms with Gasteiger partial charge in [0.25, 0.3) is 5.69 Å². The molecule has 3 rings (SSSR count). The van der Waals surface area contributed by atoms with Gasteiger partial charge >= 0.3 is 0 Å². The molecule has 28 heavy (non-hydrogen) atoms. The van der Waals surface area contributed by atoms with Gasteiger partial charge < -0.3 is 5.32 Å². The Balaban J connectivity index is 1.53. The molecule has 0 saturated heterocycles. The second kappa shape index (κ2) is 9.96. The third kappa shape index (κ3) is 5.87. The third-order valence-corrected chi connectivity index (χ3v) is 5.87. The largest absolute Gasteiger partial charge is 0.324 e. The van der Waals surface area contributed by atoms with Gasteiger partial charge in [-0.05, 0) is 29.8 Å². The third-order valence-electron chi connectivity index (χ3n) is 3.78. The molecule has 0 spiro atoms. The molecular formula is C21H18N2O3S2. The fourth-order valence-electron chi connectivity index (χ4n) is 2.44. The van der Waals surface area contributed by atoms with Crippen molar-refractivity contribution in [1.82, 2.24) is 0 Å². The molecule has 0 unspecified atom stereocenters. The van der Waals surface area contributed by atoms with Gasteiger partial charge in [0.2, 0.25) is 5.91 Å². The van der Waals surface area contributed by atoms with Crippen LogP contribution in [0.4, 0.5) is 11.4 Å². The van der Waals surface area contributed by atoms with E-state index in [9.17, 15) is 14.9 Å². The molecule has 142 valence electrons. The lowest BCUT2D eigenvalue weighted by Crippen LogP contribution is -2.14. The van der Waals surface area contributed by atoms with Crippen molar-refractivity contribution in [3.63, 3.8) is 0 Å². The molecule has 0 fully saturated rings. The highest BCUT2D eigenvalue weighted by Gasteiger charge is 2.09. The predicted octanol–water partition coefficient (Wildman–Crippen LogP) is 5.62. The Morgan fingerprint density at radius 2 is 1.61 bits per heavy atom. The van der Waals surface area contributed by atoms with Gasteiger partial charge in [-0.1, -0.05) is 54.2 Å². The molecule has 5 nitrogen and oxygen atoms in total. The number of anilines is 1. The molecule has 0 atom stereocenters. The second-order valence-corrected chi connectivity index (χ2v) is 7.98. The van der Waals surface area contributed by atoms with E-state index < -0.39 is 4.92 Å². The zero-order chi connectivity index (χ0) is 19.8. The van der Waals surface area contributed by atoms with E-state index >= 15 is 0 Å². The second-order valence-electron chi connectivity index (χ2n) is 5.88. The Kier molecular flexibility index (Phi) is 7.11. The first-order valence-electron chi connectivity index (χ1n) is 8.54. The molecule has 0 heterocycles. The van der Waals surface area contributed by atoms with E-state index in [1.807, 2.05) is 54.6 Å². The van der Waals surface area contributed by atoms with Gasteiger partial charge in [0.05, 0.1) is 16.4 Å². The monoisotopic (exact) mass is 410 g/mol. The smallest absolute Gasteiger partial charge is 0.269 e. The van der Waals surface area contributed by atoms with Crippen molar-refractivity contribution < 1.29 is 9.72 Å². The van der Waals surface area contributed by atoms with Crippen LogP contribution in [0.15, 0.2) is 88.7 Å². The average Bonchev–Trinajstić information content (AvgIpc) is 2.71. The SMILES string of the molecule is O=C(CSCc1ccc([N+](=O)[O-])cc1)Nc1ccccc1Sc1ccccc1. The number of carbonyl (C=O) groups is 1. The Bertz CT molecular complexity index is 947. The van der Waals surface area contributed by atoms with E-state index in [-0.39, 0.29) is 11.6 Å². The molecule has 0 bridgehead atoms. The lowest BCUT2D eigenvalue weighted by molar-refractivity contribution is -0.384. The summed E-state index contributed by atoms with van der Waals surface area (Å²) in [6.07, 6.45) is 0. The maximum atomic E-state index is 12.3. The predicted molar refractivity (Wildman–Crippen MR) is 115 cm³/mol. The molecule has 3 aromatic rings. The zero-order valence-electron chi connectivity index (χ0n) is 14.9. The average molecular weight is 411 g/mol. The molecule has 0 aliphatic rings. The van der Waals surface area contributed by atoms with E-state index in [1.54, 1.807) is 23.9 Å². The van der Waals surface area contributed by atoms with E-state index in [1.165, 1.54) is 23.9 Å². The van der Waals surface area contributed by atoms with Gasteiger partial charge in [-0.3, -0.25) is 14.9 Å². The summed E-state index contributed by atoms with van der Waals surface area (Å²) in [6, 6.07) is 24.1. The van der Waals surface area contributed by atoms with Gasteiger partial charge in [-0.15, -0.1) is 11.8 Å². The molecule has 7 heteroatoms. The molecule has 0 aromatic heterocycles. The van der Waals surface area contributed by atoms with Crippen LogP contribution in [0.3, 0.4) is 0 Å². The number of hydrogen-bond donors (Lipinski definition) is 1. The summed E-state index contributed by atoms with van der Waals surface area (Å²) >= 11 is 3.07. The molecule has 0 aliphatic carbocycles. The number of nitro groups is 1. The lowest BCUT2D eigenvalue weighted by atomic mass is 10.2. The Morgan fingerprint density at radius 3 is 2.32 bits per heavy atom. The number of thioether (sulfide) groups is 1. The van der Waals surface area contributed by atoms with Crippen molar-refractivity contribution in [3.8, 4) is 0 Å². The van der Waals surface area contributed by atoms with Crippen LogP contribution in [0.2, 0.25) is 0 Å². The van der Waals surface area contributed by atoms with Crippen LogP contribution >= 0.6 is 23.5 Å². The minimum Gasteiger partial charge on any atom is -0.324 e. The summed E-state index contributed by atoms with van der Waals surface area (Å²) < 4.78 is 0. The van der Waals surface area contributed by atoms with Crippen LogP contribution in [0, 0.1) is 10.1 Å². The number of hydrogen-bond acceptors (Lipinski definition) is 5. The van der Waals surface area contributed by atoms with E-state index in [0.29, 0.717) is 11.5 Å². The quantitative estimate of drug-likeness (QED) is 0.385. The van der Waals surface area contributed by atoms with Crippen molar-refractivity contribution in [2.45, 2.75) is 15.5 Å². The maximum Gasteiger partial charge on any atom is 0.269 e. The summed E-state index contributed by atoms with van der Waals surface area (Å²) in [6.45, 7) is 0. The number of nitrogens with zero attached hydrogens (tertiary/aromatic N) is 1. The lowest BCUT2D eigenvalue weighted by Gasteiger charge is -2.10. The van der Waals surface area contributed by atoms with Crippen molar-refractivity contribution in [3.05, 3.63) is 94.5 Å². The molecule has 1 N–H and O–H groups in total. The van der Waals surface area contributed by atoms with Crippen molar-refractivity contribution in [2.75, 3.05) is 11.1 Å². The minimum absolute atomic E-state index is 0.0685. The fourth-order valence-corrected chi connectivity index (χ4v) is 4.15. The minimum atomic E-state index is -0.421. The normalized spacial score (nSPS) is 10.4. The van der Waals surface area contributed by atoms with Crippen molar-refractivity contribution in [1.29, 1.82) is 0 Å². The molecule has 0 aliphatic heterocycles. The van der Waals surface area contributed by atoms with Crippen molar-refractivity contribution in [2.24, 2.45) is 0 Å². The highest BCUT2D eigenvalue weighted by molar-refractivity contribution is 7.99. The fraction of sp³-hybridized carbons (Fsp3) is 0.0952. The summed E-state index contributed by atoms with van der Waals surface area (Å²) in [5, 5.41) is 13.6. The number of nitro benzene ring substituents is 1. The van der Waals surface area contributed by atoms with Crippen molar-refractivity contribution >= 4 is 40.8 Å². The first kappa shape index (κ1) is 20.0. The van der Waals surface area contributed by atoms with Gasteiger partial charge in [-0.25, -0.2) is 0 Å². The van der Waals surface area contributed by atoms with Gasteiger partial charge in [0, 0.05) is 27.7 Å². The highest BCUT2D eigenvalue weighted by atomic mass is 32.2. The molecule has 0 radical (unpaired) electrons. The molecule has 3 aromatic carbocycles. The summed E-state index contributed by atoms with van der Waals surface area (Å²) in [5.74, 6) is 0.848. The highest BCUT2D eigenvalue weighted by Crippen LogP contribution is 2.33. The van der Waals surface area contributed by atoms with E-state index in [4.69, 9.17) is 0 Å². The number of amides is 1. The van der Waals surface area contributed by atoms with Crippen LogP contribution in [-0.4, -0.2) is 16.6 Å². The van der Waals surface area contributed by atoms with Crippen LogP contribution < -0.4 is 5.32 Å². The summed E-state index contributed by atoms with van der Waals surface area (Å²) in [5.41, 5.74) is 1.81. The van der Waals surface area contributed by atoms with Gasteiger partial charge in [-0.2, -0.15) is 0 Å². The Hall–Kier alpha value is -2.77. The topological polar surface area (TPSA) is 72.2 Å². The standard InChI is InChI=1S/C21H18N2O3S2/c24-21(15-27-14-16-10-12-17(13-11-16)23(25)26)22-19-8-4-5-9-20(19)28-18-6-2-1-3-7-18/h1-13H,14-15H2,(H,22,24). The summed E-state index contributed by atoms with van der Waals surface area (Å²) in [7, 11) is 0. The van der Waals surface area contributed by atoms with Crippen LogP contribution in [0.25, 0.3) is 0 Å². The molecule has 0 saturated carbocycles. The Labute approximate surface area is 171 Å². The van der Waals surface area contributed by atoms with Crippen LogP contribution in [0.1, 0.15) is 5.56 Å². The molecule has 1 amide bonds. The maximum absolute atomic E-state index is 12.3. The van der Waals surface area contributed by atoms with Gasteiger partial charge in [0.15, 0.2) is 0 Å². The number of carbonyl (C=O) groups excluding carboxylic acids is 1. The van der Waals surface area contributed by atoms with Crippen LogP contribution in [-0.2, 0) is 10.5 Å². The zero-order valence-corrected chi connectivity index (χ0v) is 16.5. The van der Waals surface area contributed by atoms with Crippen LogP contribution in [0.5, 0.6) is 0 Å². The van der Waals surface area contributed by atoms with E-state index in [2.05, 4.69) is 5.32 Å².